The Hall–Kier alpha value is -2.37. The van der Waals surface area contributed by atoms with Crippen LogP contribution in [0.2, 0.25) is 0 Å². The molecule has 0 aliphatic carbocycles. The minimum atomic E-state index is -0.822. The summed E-state index contributed by atoms with van der Waals surface area (Å²) in [5.41, 5.74) is 1.43. The van der Waals surface area contributed by atoms with Crippen molar-refractivity contribution in [1.29, 1.82) is 0 Å². The summed E-state index contributed by atoms with van der Waals surface area (Å²) in [6.07, 6.45) is 4.89. The number of hydrogen-bond donors (Lipinski definition) is 1. The van der Waals surface area contributed by atoms with Crippen molar-refractivity contribution in [3.8, 4) is 0 Å². The van der Waals surface area contributed by atoms with E-state index in [1.165, 1.54) is 0 Å². The minimum absolute atomic E-state index is 0.00261. The normalized spacial score (nSPS) is 20.8. The van der Waals surface area contributed by atoms with Gasteiger partial charge in [0.25, 0.3) is 5.91 Å². The van der Waals surface area contributed by atoms with Crippen LogP contribution in [-0.4, -0.2) is 46.9 Å². The Morgan fingerprint density at radius 3 is 2.48 bits per heavy atom. The molecule has 1 aromatic carbocycles. The fraction of sp³-hybridized carbons (Fsp3) is 0.526. The van der Waals surface area contributed by atoms with E-state index in [0.29, 0.717) is 24.9 Å². The third kappa shape index (κ3) is 4.00. The molecule has 6 heteroatoms. The number of carbonyl (C=O) groups excluding carboxylic acids is 2. The first-order valence-electron chi connectivity index (χ1n) is 8.99. The fourth-order valence-corrected chi connectivity index (χ4v) is 3.73. The fourth-order valence-electron chi connectivity index (χ4n) is 3.73. The number of carbonyl (C=O) groups is 3. The molecule has 2 fully saturated rings. The van der Waals surface area contributed by atoms with Gasteiger partial charge in [-0.1, -0.05) is 0 Å². The summed E-state index contributed by atoms with van der Waals surface area (Å²) in [7, 11) is 0. The second kappa shape index (κ2) is 7.68. The topological polar surface area (TPSA) is 77.9 Å². The maximum Gasteiger partial charge on any atom is 0.303 e. The second-order valence-corrected chi connectivity index (χ2v) is 6.78. The number of aliphatic carboxylic acids is 1. The molecule has 2 aliphatic heterocycles. The van der Waals surface area contributed by atoms with Gasteiger partial charge in [0.1, 0.15) is 0 Å². The van der Waals surface area contributed by atoms with E-state index in [0.717, 1.165) is 37.9 Å². The number of hydrogen-bond acceptors (Lipinski definition) is 3. The van der Waals surface area contributed by atoms with E-state index in [2.05, 4.69) is 0 Å². The number of anilines is 1. The van der Waals surface area contributed by atoms with Crippen molar-refractivity contribution in [1.82, 2.24) is 4.90 Å². The van der Waals surface area contributed by atoms with E-state index in [1.807, 2.05) is 17.0 Å². The lowest BCUT2D eigenvalue weighted by Gasteiger charge is -2.35. The van der Waals surface area contributed by atoms with Crippen LogP contribution in [-0.2, 0) is 9.59 Å². The lowest BCUT2D eigenvalue weighted by molar-refractivity contribution is -0.137. The van der Waals surface area contributed by atoms with Gasteiger partial charge in [0, 0.05) is 43.2 Å². The Bertz CT molecular complexity index is 656. The summed E-state index contributed by atoms with van der Waals surface area (Å²) >= 11 is 0. The molecular formula is C19H24N2O4. The van der Waals surface area contributed by atoms with Crippen molar-refractivity contribution in [3.63, 3.8) is 0 Å². The van der Waals surface area contributed by atoms with Crippen molar-refractivity contribution in [2.75, 3.05) is 18.0 Å². The molecule has 0 saturated carbocycles. The molecule has 2 aliphatic rings. The summed E-state index contributed by atoms with van der Waals surface area (Å²) in [5, 5.41) is 8.91. The van der Waals surface area contributed by atoms with Crippen molar-refractivity contribution < 1.29 is 19.5 Å². The zero-order chi connectivity index (χ0) is 17.8. The average Bonchev–Trinajstić information content (AvgIpc) is 3.06. The number of carboxylic acid groups (broad SMARTS) is 1. The molecule has 2 saturated heterocycles. The number of rotatable bonds is 5. The Morgan fingerprint density at radius 2 is 1.84 bits per heavy atom. The molecule has 0 aromatic heterocycles. The van der Waals surface area contributed by atoms with Crippen molar-refractivity contribution in [2.24, 2.45) is 0 Å². The van der Waals surface area contributed by atoms with E-state index in [1.54, 1.807) is 17.0 Å². The molecule has 1 unspecified atom stereocenters. The zero-order valence-corrected chi connectivity index (χ0v) is 14.3. The molecule has 1 atom stereocenters. The van der Waals surface area contributed by atoms with E-state index in [9.17, 15) is 14.4 Å². The molecule has 0 bridgehead atoms. The van der Waals surface area contributed by atoms with Gasteiger partial charge in [-0.2, -0.15) is 0 Å². The predicted octanol–water partition coefficient (Wildman–Crippen LogP) is 2.67. The van der Waals surface area contributed by atoms with Crippen LogP contribution >= 0.6 is 0 Å². The van der Waals surface area contributed by atoms with Crippen molar-refractivity contribution in [2.45, 2.75) is 51.0 Å². The van der Waals surface area contributed by atoms with Gasteiger partial charge in [-0.15, -0.1) is 0 Å². The molecule has 25 heavy (non-hydrogen) atoms. The summed E-state index contributed by atoms with van der Waals surface area (Å²) in [6, 6.07) is 7.19. The van der Waals surface area contributed by atoms with Crippen LogP contribution in [0.25, 0.3) is 0 Å². The summed E-state index contributed by atoms with van der Waals surface area (Å²) in [4.78, 5) is 39.1. The van der Waals surface area contributed by atoms with Crippen molar-refractivity contribution >= 4 is 23.5 Å². The maximum absolute atomic E-state index is 12.8. The number of amides is 2. The van der Waals surface area contributed by atoms with Crippen LogP contribution in [0.1, 0.15) is 55.3 Å². The first kappa shape index (κ1) is 17.5. The minimum Gasteiger partial charge on any atom is -0.481 e. The molecule has 3 rings (SSSR count). The number of carboxylic acids is 1. The Morgan fingerprint density at radius 1 is 1.08 bits per heavy atom. The summed E-state index contributed by atoms with van der Waals surface area (Å²) in [6.45, 7) is 1.41. The van der Waals surface area contributed by atoms with Gasteiger partial charge in [-0.25, -0.2) is 0 Å². The highest BCUT2D eigenvalue weighted by Gasteiger charge is 2.28. The number of piperidine rings is 1. The molecule has 2 amide bonds. The Kier molecular flexibility index (Phi) is 5.36. The Balaban J connectivity index is 1.70. The van der Waals surface area contributed by atoms with Crippen molar-refractivity contribution in [3.05, 3.63) is 29.8 Å². The largest absolute Gasteiger partial charge is 0.481 e. The zero-order valence-electron chi connectivity index (χ0n) is 14.3. The molecule has 0 spiro atoms. The van der Waals surface area contributed by atoms with E-state index in [4.69, 9.17) is 5.11 Å². The van der Waals surface area contributed by atoms with Crippen LogP contribution in [0.5, 0.6) is 0 Å². The van der Waals surface area contributed by atoms with Crippen LogP contribution in [0.15, 0.2) is 24.3 Å². The smallest absolute Gasteiger partial charge is 0.303 e. The van der Waals surface area contributed by atoms with Gasteiger partial charge in [-0.3, -0.25) is 14.4 Å². The van der Waals surface area contributed by atoms with E-state index >= 15 is 0 Å². The summed E-state index contributed by atoms with van der Waals surface area (Å²) < 4.78 is 0. The van der Waals surface area contributed by atoms with Gasteiger partial charge >= 0.3 is 5.97 Å². The summed E-state index contributed by atoms with van der Waals surface area (Å²) in [5.74, 6) is -0.740. The van der Waals surface area contributed by atoms with Gasteiger partial charge in [0.15, 0.2) is 0 Å². The predicted molar refractivity (Wildman–Crippen MR) is 93.6 cm³/mol. The quantitative estimate of drug-likeness (QED) is 0.891. The first-order chi connectivity index (χ1) is 12.1. The number of likely N-dealkylation sites (tertiary alicyclic amines) is 1. The first-order valence-corrected chi connectivity index (χ1v) is 8.99. The SMILES string of the molecule is O=C(O)CCC1CCCCN1C(=O)c1ccc(N2CCCC2=O)cc1. The van der Waals surface area contributed by atoms with Crippen LogP contribution < -0.4 is 4.90 Å². The highest BCUT2D eigenvalue weighted by atomic mass is 16.4. The molecule has 1 aromatic rings. The third-order valence-electron chi connectivity index (χ3n) is 5.08. The maximum atomic E-state index is 12.8. The molecule has 0 radical (unpaired) electrons. The van der Waals surface area contributed by atoms with Gasteiger partial charge in [0.05, 0.1) is 0 Å². The monoisotopic (exact) mass is 344 g/mol. The molecule has 1 N–H and O–H groups in total. The molecule has 2 heterocycles. The third-order valence-corrected chi connectivity index (χ3v) is 5.08. The van der Waals surface area contributed by atoms with E-state index < -0.39 is 5.97 Å². The Labute approximate surface area is 147 Å². The van der Waals surface area contributed by atoms with E-state index in [-0.39, 0.29) is 24.3 Å². The lowest BCUT2D eigenvalue weighted by atomic mass is 9.97. The second-order valence-electron chi connectivity index (χ2n) is 6.78. The number of benzene rings is 1. The molecular weight excluding hydrogens is 320 g/mol. The van der Waals surface area contributed by atoms with Gasteiger partial charge < -0.3 is 14.9 Å². The van der Waals surface area contributed by atoms with Crippen LogP contribution in [0.3, 0.4) is 0 Å². The lowest BCUT2D eigenvalue weighted by Crippen LogP contribution is -2.44. The van der Waals surface area contributed by atoms with Gasteiger partial charge in [0.2, 0.25) is 5.91 Å². The highest BCUT2D eigenvalue weighted by Crippen LogP contribution is 2.25. The standard InChI is InChI=1S/C19H24N2O4/c22-17-5-3-13-20(17)16-8-6-14(7-9-16)19(25)21-12-2-1-4-15(21)10-11-18(23)24/h6-9,15H,1-5,10-13H2,(H,23,24). The van der Waals surface area contributed by atoms with Gasteiger partial charge in [-0.05, 0) is 56.4 Å². The average molecular weight is 344 g/mol. The molecule has 134 valence electrons. The number of nitrogens with zero attached hydrogens (tertiary/aromatic N) is 2. The van der Waals surface area contributed by atoms with Crippen LogP contribution in [0.4, 0.5) is 5.69 Å². The highest BCUT2D eigenvalue weighted by molar-refractivity contribution is 5.97. The molecule has 6 nitrogen and oxygen atoms in total. The van der Waals surface area contributed by atoms with Crippen LogP contribution in [0, 0.1) is 0 Å².